The second-order valence-electron chi connectivity index (χ2n) is 7.04. The third-order valence-corrected chi connectivity index (χ3v) is 5.14. The summed E-state index contributed by atoms with van der Waals surface area (Å²) in [6.07, 6.45) is 4.02. The molecule has 0 aromatic carbocycles. The number of nitrogens with one attached hydrogen (secondary N) is 1. The Labute approximate surface area is 138 Å². The number of amides is 1. The van der Waals surface area contributed by atoms with Crippen LogP contribution < -0.4 is 16.0 Å². The number of carbonyl (C=O) groups is 1. The van der Waals surface area contributed by atoms with Crippen molar-refractivity contribution in [1.82, 2.24) is 15.2 Å². The fraction of sp³-hybridized carbons (Fsp3) is 0.647. The van der Waals surface area contributed by atoms with Crippen molar-refractivity contribution in [2.24, 2.45) is 11.7 Å². The van der Waals surface area contributed by atoms with E-state index in [9.17, 15) is 4.79 Å². The number of nitrogens with zero attached hydrogens (tertiary/aromatic N) is 3. The third kappa shape index (κ3) is 3.64. The van der Waals surface area contributed by atoms with Crippen molar-refractivity contribution in [3.05, 3.63) is 23.9 Å². The predicted molar refractivity (Wildman–Crippen MR) is 91.6 cm³/mol. The van der Waals surface area contributed by atoms with Crippen LogP contribution in [-0.4, -0.2) is 61.1 Å². The van der Waals surface area contributed by atoms with E-state index in [1.807, 2.05) is 13.0 Å². The summed E-state index contributed by atoms with van der Waals surface area (Å²) in [5.74, 6) is 1.34. The van der Waals surface area contributed by atoms with Gasteiger partial charge in [0.05, 0.1) is 5.54 Å². The highest BCUT2D eigenvalue weighted by molar-refractivity contribution is 5.95. The van der Waals surface area contributed by atoms with Crippen LogP contribution in [0.4, 0.5) is 5.82 Å². The molecule has 6 heteroatoms. The Bertz CT molecular complexity index is 566. The zero-order valence-corrected chi connectivity index (χ0v) is 14.1. The third-order valence-electron chi connectivity index (χ3n) is 5.14. The smallest absolute Gasteiger partial charge is 0.251 e. The summed E-state index contributed by atoms with van der Waals surface area (Å²) < 4.78 is 0. The summed E-state index contributed by atoms with van der Waals surface area (Å²) in [6, 6.07) is 3.67. The minimum atomic E-state index is -0.297. The van der Waals surface area contributed by atoms with Gasteiger partial charge in [0.2, 0.25) is 0 Å². The van der Waals surface area contributed by atoms with Gasteiger partial charge in [-0.15, -0.1) is 0 Å². The molecular formula is C17H27N5O. The van der Waals surface area contributed by atoms with Gasteiger partial charge in [0.15, 0.2) is 0 Å². The van der Waals surface area contributed by atoms with Crippen molar-refractivity contribution in [3.63, 3.8) is 0 Å². The van der Waals surface area contributed by atoms with Crippen LogP contribution in [0.15, 0.2) is 18.3 Å². The molecule has 2 fully saturated rings. The Morgan fingerprint density at radius 2 is 2.09 bits per heavy atom. The SMILES string of the molecule is CN1CCN(c2cc(C(=O)NC(C)(CN)C3CC3)ccn2)CC1. The molecule has 1 atom stereocenters. The molecule has 3 rings (SSSR count). The molecule has 1 aromatic heterocycles. The van der Waals surface area contributed by atoms with E-state index < -0.39 is 0 Å². The number of anilines is 1. The minimum Gasteiger partial charge on any atom is -0.354 e. The van der Waals surface area contributed by atoms with Crippen LogP contribution in [0.2, 0.25) is 0 Å². The highest BCUT2D eigenvalue weighted by Crippen LogP contribution is 2.39. The van der Waals surface area contributed by atoms with Gasteiger partial charge in [-0.3, -0.25) is 4.79 Å². The lowest BCUT2D eigenvalue weighted by Gasteiger charge is -2.33. The summed E-state index contributed by atoms with van der Waals surface area (Å²) >= 11 is 0. The zero-order valence-electron chi connectivity index (χ0n) is 14.1. The first kappa shape index (κ1) is 16.2. The molecule has 1 amide bonds. The molecule has 1 saturated carbocycles. The lowest BCUT2D eigenvalue weighted by molar-refractivity contribution is 0.0897. The van der Waals surface area contributed by atoms with Crippen molar-refractivity contribution in [3.8, 4) is 0 Å². The van der Waals surface area contributed by atoms with E-state index in [0.29, 0.717) is 18.0 Å². The van der Waals surface area contributed by atoms with Crippen molar-refractivity contribution >= 4 is 11.7 Å². The number of piperazine rings is 1. The van der Waals surface area contributed by atoms with E-state index in [0.717, 1.165) is 44.8 Å². The van der Waals surface area contributed by atoms with Crippen molar-refractivity contribution in [2.75, 3.05) is 44.7 Å². The number of aromatic nitrogens is 1. The molecule has 0 spiro atoms. The van der Waals surface area contributed by atoms with Crippen LogP contribution in [0.5, 0.6) is 0 Å². The molecule has 2 heterocycles. The fourth-order valence-electron chi connectivity index (χ4n) is 3.14. The van der Waals surface area contributed by atoms with Gasteiger partial charge >= 0.3 is 0 Å². The van der Waals surface area contributed by atoms with E-state index in [1.54, 1.807) is 12.3 Å². The van der Waals surface area contributed by atoms with Gasteiger partial charge in [0.1, 0.15) is 5.82 Å². The molecule has 6 nitrogen and oxygen atoms in total. The number of hydrogen-bond donors (Lipinski definition) is 2. The molecule has 1 aliphatic heterocycles. The fourth-order valence-corrected chi connectivity index (χ4v) is 3.14. The molecule has 0 bridgehead atoms. The van der Waals surface area contributed by atoms with Crippen LogP contribution in [0.25, 0.3) is 0 Å². The second-order valence-corrected chi connectivity index (χ2v) is 7.04. The maximum Gasteiger partial charge on any atom is 0.251 e. The normalized spacial score (nSPS) is 21.8. The van der Waals surface area contributed by atoms with E-state index in [4.69, 9.17) is 5.73 Å². The topological polar surface area (TPSA) is 74.5 Å². The second kappa shape index (κ2) is 6.45. The van der Waals surface area contributed by atoms with Crippen LogP contribution in [-0.2, 0) is 0 Å². The number of likely N-dealkylation sites (N-methyl/N-ethyl adjacent to an activating group) is 1. The Kier molecular flexibility index (Phi) is 4.55. The molecular weight excluding hydrogens is 290 g/mol. The van der Waals surface area contributed by atoms with E-state index in [-0.39, 0.29) is 11.4 Å². The molecule has 1 saturated heterocycles. The van der Waals surface area contributed by atoms with Crippen molar-refractivity contribution < 1.29 is 4.79 Å². The van der Waals surface area contributed by atoms with E-state index >= 15 is 0 Å². The predicted octanol–water partition coefficient (Wildman–Crippen LogP) is 0.691. The Balaban J connectivity index is 1.70. The maximum absolute atomic E-state index is 12.6. The van der Waals surface area contributed by atoms with Gasteiger partial charge in [-0.2, -0.15) is 0 Å². The number of nitrogens with two attached hydrogens (primary N) is 1. The van der Waals surface area contributed by atoms with Crippen molar-refractivity contribution in [1.29, 1.82) is 0 Å². The van der Waals surface area contributed by atoms with Gasteiger partial charge in [-0.05, 0) is 44.9 Å². The summed E-state index contributed by atoms with van der Waals surface area (Å²) in [7, 11) is 2.13. The van der Waals surface area contributed by atoms with E-state index in [1.165, 1.54) is 0 Å². The number of pyridine rings is 1. The first-order chi connectivity index (χ1) is 11.0. The number of hydrogen-bond acceptors (Lipinski definition) is 5. The van der Waals surface area contributed by atoms with Crippen molar-refractivity contribution in [2.45, 2.75) is 25.3 Å². The maximum atomic E-state index is 12.6. The quantitative estimate of drug-likeness (QED) is 0.836. The van der Waals surface area contributed by atoms with Crippen LogP contribution >= 0.6 is 0 Å². The van der Waals surface area contributed by atoms with Crippen LogP contribution in [0, 0.1) is 5.92 Å². The number of carbonyl (C=O) groups excluding carboxylic acids is 1. The molecule has 126 valence electrons. The highest BCUT2D eigenvalue weighted by atomic mass is 16.1. The lowest BCUT2D eigenvalue weighted by atomic mass is 9.95. The van der Waals surface area contributed by atoms with Gasteiger partial charge in [-0.25, -0.2) is 4.98 Å². The summed E-state index contributed by atoms with van der Waals surface area (Å²) in [5.41, 5.74) is 6.26. The molecule has 0 radical (unpaired) electrons. The summed E-state index contributed by atoms with van der Waals surface area (Å²) in [5, 5.41) is 3.14. The Morgan fingerprint density at radius 3 is 2.70 bits per heavy atom. The molecule has 3 N–H and O–H groups in total. The van der Waals surface area contributed by atoms with Gasteiger partial charge < -0.3 is 20.9 Å². The first-order valence-electron chi connectivity index (χ1n) is 8.44. The van der Waals surface area contributed by atoms with Crippen LogP contribution in [0.3, 0.4) is 0 Å². The largest absolute Gasteiger partial charge is 0.354 e. The minimum absolute atomic E-state index is 0.0531. The lowest BCUT2D eigenvalue weighted by Crippen LogP contribution is -2.53. The highest BCUT2D eigenvalue weighted by Gasteiger charge is 2.41. The summed E-state index contributed by atoms with van der Waals surface area (Å²) in [4.78, 5) is 21.6. The molecule has 23 heavy (non-hydrogen) atoms. The number of rotatable bonds is 5. The van der Waals surface area contributed by atoms with Gasteiger partial charge in [-0.1, -0.05) is 0 Å². The standard InChI is InChI=1S/C17H27N5O/c1-17(12-18,14-3-4-14)20-16(23)13-5-6-19-15(11-13)22-9-7-21(2)8-10-22/h5-6,11,14H,3-4,7-10,12,18H2,1-2H3,(H,20,23). The zero-order chi connectivity index (χ0) is 16.4. The first-order valence-corrected chi connectivity index (χ1v) is 8.44. The molecule has 1 aliphatic carbocycles. The monoisotopic (exact) mass is 317 g/mol. The average Bonchev–Trinajstić information content (AvgIpc) is 3.41. The average molecular weight is 317 g/mol. The molecule has 1 aromatic rings. The van der Waals surface area contributed by atoms with Gasteiger partial charge in [0.25, 0.3) is 5.91 Å². The Morgan fingerprint density at radius 1 is 1.39 bits per heavy atom. The Hall–Kier alpha value is -1.66. The summed E-state index contributed by atoms with van der Waals surface area (Å²) in [6.45, 7) is 6.44. The molecule has 2 aliphatic rings. The van der Waals surface area contributed by atoms with E-state index in [2.05, 4.69) is 27.1 Å². The molecule has 1 unspecified atom stereocenters. The van der Waals surface area contributed by atoms with Crippen LogP contribution in [0.1, 0.15) is 30.1 Å². The van der Waals surface area contributed by atoms with Gasteiger partial charge in [0, 0.05) is 44.5 Å².